The Morgan fingerprint density at radius 3 is 1.29 bits per heavy atom. The molecule has 0 bridgehead atoms. The Bertz CT molecular complexity index is 4360. The zero-order chi connectivity index (χ0) is 52.6. The van der Waals surface area contributed by atoms with Crippen LogP contribution in [0.3, 0.4) is 0 Å². The molecule has 0 unspecified atom stereocenters. The quantitative estimate of drug-likeness (QED) is 0.133. The SMILES string of the molecule is CCc1ccc2c(c1)c1cc(CC)ccc1n2-c1ccc(-c2ccc(-c3ccc(N(c4ccc5c(c4)C4(c6ccccc6-c6ccccc64)c4ccccc4-5)c4ccccc4-c4cccc(-c5ccccc5)c4)cc3)cc2)cc1. The van der Waals surface area contributed by atoms with Crippen LogP contribution in [0.5, 0.6) is 0 Å². The molecule has 15 rings (SSSR count). The third-order valence-electron chi connectivity index (χ3n) is 17.2. The Morgan fingerprint density at radius 2 is 0.734 bits per heavy atom. The van der Waals surface area contributed by atoms with Crippen LogP contribution in [0.25, 0.3) is 94.3 Å². The van der Waals surface area contributed by atoms with E-state index in [0.717, 1.165) is 35.5 Å². The molecular weight excluding hydrogens is 953 g/mol. The molecule has 0 atom stereocenters. The van der Waals surface area contributed by atoms with E-state index >= 15 is 0 Å². The fourth-order valence-electron chi connectivity index (χ4n) is 13.4. The van der Waals surface area contributed by atoms with E-state index in [9.17, 15) is 0 Å². The first kappa shape index (κ1) is 46.5. The van der Waals surface area contributed by atoms with E-state index in [1.54, 1.807) is 0 Å². The molecule has 2 aliphatic carbocycles. The number of aromatic nitrogens is 1. The number of rotatable bonds is 10. The molecular formula is C77H56N2. The van der Waals surface area contributed by atoms with Crippen LogP contribution in [0, 0.1) is 0 Å². The van der Waals surface area contributed by atoms with E-state index < -0.39 is 5.41 Å². The lowest BCUT2D eigenvalue weighted by molar-refractivity contribution is 0.793. The van der Waals surface area contributed by atoms with Gasteiger partial charge in [0, 0.05) is 33.4 Å². The van der Waals surface area contributed by atoms with Crippen LogP contribution < -0.4 is 4.90 Å². The van der Waals surface area contributed by atoms with Gasteiger partial charge in [0.15, 0.2) is 0 Å². The Balaban J connectivity index is 0.816. The highest BCUT2D eigenvalue weighted by atomic mass is 15.1. The van der Waals surface area contributed by atoms with Crippen LogP contribution in [0.4, 0.5) is 17.1 Å². The fourth-order valence-corrected chi connectivity index (χ4v) is 13.4. The molecule has 13 aromatic rings. The van der Waals surface area contributed by atoms with Crippen molar-refractivity contribution in [2.24, 2.45) is 0 Å². The van der Waals surface area contributed by atoms with Crippen molar-refractivity contribution in [2.75, 3.05) is 4.90 Å². The van der Waals surface area contributed by atoms with Crippen LogP contribution >= 0.6 is 0 Å². The molecule has 0 saturated carbocycles. The van der Waals surface area contributed by atoms with Crippen LogP contribution in [0.1, 0.15) is 47.2 Å². The topological polar surface area (TPSA) is 8.17 Å². The summed E-state index contributed by atoms with van der Waals surface area (Å²) in [5.41, 5.74) is 29.2. The van der Waals surface area contributed by atoms with Crippen molar-refractivity contribution < 1.29 is 0 Å². The van der Waals surface area contributed by atoms with Crippen molar-refractivity contribution in [1.29, 1.82) is 0 Å². The van der Waals surface area contributed by atoms with Crippen molar-refractivity contribution in [3.63, 3.8) is 0 Å². The Labute approximate surface area is 462 Å². The van der Waals surface area contributed by atoms with E-state index in [4.69, 9.17) is 0 Å². The normalized spacial score (nSPS) is 12.6. The molecule has 0 radical (unpaired) electrons. The first-order chi connectivity index (χ1) is 39.1. The number of fused-ring (bicyclic) bond motifs is 13. The Morgan fingerprint density at radius 1 is 0.304 bits per heavy atom. The van der Waals surface area contributed by atoms with E-state index in [1.165, 1.54) is 122 Å². The zero-order valence-corrected chi connectivity index (χ0v) is 44.4. The van der Waals surface area contributed by atoms with Crippen LogP contribution in [0.2, 0.25) is 0 Å². The number of nitrogens with zero attached hydrogens (tertiary/aromatic N) is 2. The van der Waals surface area contributed by atoms with Crippen molar-refractivity contribution >= 4 is 38.9 Å². The second-order valence-corrected chi connectivity index (χ2v) is 21.3. The van der Waals surface area contributed by atoms with E-state index in [0.29, 0.717) is 0 Å². The number of para-hydroxylation sites is 1. The number of hydrogen-bond acceptors (Lipinski definition) is 1. The van der Waals surface area contributed by atoms with Gasteiger partial charge >= 0.3 is 0 Å². The molecule has 0 saturated heterocycles. The van der Waals surface area contributed by atoms with Crippen molar-refractivity contribution in [2.45, 2.75) is 32.1 Å². The third kappa shape index (κ3) is 7.39. The summed E-state index contributed by atoms with van der Waals surface area (Å²) >= 11 is 0. The van der Waals surface area contributed by atoms with Crippen molar-refractivity contribution in [3.8, 4) is 72.4 Å². The predicted molar refractivity (Wildman–Crippen MR) is 332 cm³/mol. The molecule has 0 aliphatic heterocycles. The van der Waals surface area contributed by atoms with Crippen molar-refractivity contribution in [3.05, 3.63) is 312 Å². The lowest BCUT2D eigenvalue weighted by atomic mass is 9.70. The maximum Gasteiger partial charge on any atom is 0.0726 e. The smallest absolute Gasteiger partial charge is 0.0726 e. The van der Waals surface area contributed by atoms with Gasteiger partial charge in [0.25, 0.3) is 0 Å². The van der Waals surface area contributed by atoms with Gasteiger partial charge in [0.1, 0.15) is 0 Å². The van der Waals surface area contributed by atoms with Gasteiger partial charge in [0.05, 0.1) is 22.1 Å². The minimum atomic E-state index is -0.466. The molecule has 374 valence electrons. The summed E-state index contributed by atoms with van der Waals surface area (Å²) in [6, 6.07) is 104. The first-order valence-corrected chi connectivity index (χ1v) is 27.9. The summed E-state index contributed by atoms with van der Waals surface area (Å²) < 4.78 is 2.43. The van der Waals surface area contributed by atoms with Gasteiger partial charge in [-0.05, 0) is 180 Å². The van der Waals surface area contributed by atoms with Gasteiger partial charge in [-0.1, -0.05) is 220 Å². The van der Waals surface area contributed by atoms with Gasteiger partial charge in [-0.3, -0.25) is 0 Å². The van der Waals surface area contributed by atoms with Crippen molar-refractivity contribution in [1.82, 2.24) is 4.57 Å². The average molecular weight is 1010 g/mol. The zero-order valence-electron chi connectivity index (χ0n) is 44.4. The molecule has 1 heterocycles. The van der Waals surface area contributed by atoms with Gasteiger partial charge in [-0.25, -0.2) is 0 Å². The number of benzene rings is 12. The maximum atomic E-state index is 2.50. The fraction of sp³-hybridized carbons (Fsp3) is 0.0649. The second-order valence-electron chi connectivity index (χ2n) is 21.3. The molecule has 2 nitrogen and oxygen atoms in total. The molecule has 2 heteroatoms. The highest BCUT2D eigenvalue weighted by Crippen LogP contribution is 2.63. The van der Waals surface area contributed by atoms with Gasteiger partial charge in [-0.2, -0.15) is 0 Å². The molecule has 1 spiro atoms. The molecule has 0 fully saturated rings. The second kappa shape index (κ2) is 18.8. The minimum Gasteiger partial charge on any atom is -0.310 e. The summed E-state index contributed by atoms with van der Waals surface area (Å²) in [4.78, 5) is 2.48. The van der Waals surface area contributed by atoms with Gasteiger partial charge < -0.3 is 9.47 Å². The maximum absolute atomic E-state index is 2.50. The largest absolute Gasteiger partial charge is 0.310 e. The number of anilines is 3. The summed E-state index contributed by atoms with van der Waals surface area (Å²) in [5, 5.41) is 2.65. The highest BCUT2D eigenvalue weighted by Gasteiger charge is 2.51. The molecule has 12 aromatic carbocycles. The first-order valence-electron chi connectivity index (χ1n) is 27.9. The Kier molecular flexibility index (Phi) is 11.1. The lowest BCUT2D eigenvalue weighted by Crippen LogP contribution is -2.26. The summed E-state index contributed by atoms with van der Waals surface area (Å²) in [7, 11) is 0. The molecule has 0 amide bonds. The lowest BCUT2D eigenvalue weighted by Gasteiger charge is -2.32. The minimum absolute atomic E-state index is 0.466. The van der Waals surface area contributed by atoms with E-state index in [2.05, 4.69) is 302 Å². The summed E-state index contributed by atoms with van der Waals surface area (Å²) in [6.45, 7) is 4.47. The summed E-state index contributed by atoms with van der Waals surface area (Å²) in [6.07, 6.45) is 2.04. The standard InChI is InChI=1S/C77H56N2/c1-3-51-29-45-75-68(47-51)69-48-52(4-2)30-46-76(69)79(75)61-41-37-57(38-42-61)55-33-31-54(32-34-55)56-35-39-60(40-36-56)78(74-28-15-11-21-63(74)59-20-16-19-58(49-59)53-17-6-5-7-18-53)62-43-44-67-66-24-10-14-27-72(66)77(73(67)50-62)70-25-12-8-22-64(70)65-23-9-13-26-71(65)77/h5-50H,3-4H2,1-2H3. The van der Waals surface area contributed by atoms with E-state index in [-0.39, 0.29) is 0 Å². The van der Waals surface area contributed by atoms with Gasteiger partial charge in [-0.15, -0.1) is 0 Å². The molecule has 2 aliphatic rings. The molecule has 1 aromatic heterocycles. The Hall–Kier alpha value is -9.76. The molecule has 0 N–H and O–H groups in total. The van der Waals surface area contributed by atoms with Crippen LogP contribution in [-0.4, -0.2) is 4.57 Å². The van der Waals surface area contributed by atoms with Crippen LogP contribution in [0.15, 0.2) is 279 Å². The van der Waals surface area contributed by atoms with Gasteiger partial charge in [0.2, 0.25) is 0 Å². The average Bonchev–Trinajstić information content (AvgIpc) is 3.24. The third-order valence-corrected chi connectivity index (χ3v) is 17.2. The number of hydrogen-bond donors (Lipinski definition) is 0. The number of aryl methyl sites for hydroxylation is 2. The predicted octanol–water partition coefficient (Wildman–Crippen LogP) is 20.4. The highest BCUT2D eigenvalue weighted by molar-refractivity contribution is 6.10. The monoisotopic (exact) mass is 1010 g/mol. The van der Waals surface area contributed by atoms with Crippen LogP contribution in [-0.2, 0) is 18.3 Å². The molecule has 79 heavy (non-hydrogen) atoms. The van der Waals surface area contributed by atoms with E-state index in [1.807, 2.05) is 0 Å². The summed E-state index contributed by atoms with van der Waals surface area (Å²) in [5.74, 6) is 0.